The molecule has 0 fully saturated rings. The molecule has 8 heteroatoms. The van der Waals surface area contributed by atoms with Gasteiger partial charge in [-0.2, -0.15) is 0 Å². The number of halogens is 2. The summed E-state index contributed by atoms with van der Waals surface area (Å²) in [5.74, 6) is -0.998. The van der Waals surface area contributed by atoms with Gasteiger partial charge in [-0.1, -0.05) is 41.4 Å². The van der Waals surface area contributed by atoms with Gasteiger partial charge in [-0.25, -0.2) is 9.67 Å². The number of hydrogen-bond acceptors (Lipinski definition) is 3. The number of hydrogen-bond donors (Lipinski definition) is 2. The number of amides is 1. The summed E-state index contributed by atoms with van der Waals surface area (Å²) < 4.78 is 1.12. The van der Waals surface area contributed by atoms with Gasteiger partial charge in [0, 0.05) is 15.3 Å². The summed E-state index contributed by atoms with van der Waals surface area (Å²) in [4.78, 5) is 28.6. The van der Waals surface area contributed by atoms with Crippen LogP contribution >= 0.6 is 23.2 Å². The number of benzene rings is 2. The second kappa shape index (κ2) is 5.61. The monoisotopic (exact) mass is 373 g/mol. The molecule has 0 aliphatic carbocycles. The van der Waals surface area contributed by atoms with Crippen molar-refractivity contribution in [1.29, 1.82) is 0 Å². The predicted molar refractivity (Wildman–Crippen MR) is 92.8 cm³/mol. The van der Waals surface area contributed by atoms with Crippen molar-refractivity contribution in [2.24, 2.45) is 4.99 Å². The van der Waals surface area contributed by atoms with Crippen molar-refractivity contribution in [2.75, 3.05) is 0 Å². The van der Waals surface area contributed by atoms with E-state index in [2.05, 4.69) is 10.1 Å². The van der Waals surface area contributed by atoms with Crippen LogP contribution in [-0.2, 0) is 4.79 Å². The molecule has 1 aliphatic heterocycles. The Morgan fingerprint density at radius 1 is 1.04 bits per heavy atom. The number of carbonyl (C=O) groups excluding carboxylic acids is 1. The summed E-state index contributed by atoms with van der Waals surface area (Å²) in [6.07, 6.45) is 0. The van der Waals surface area contributed by atoms with Crippen LogP contribution in [0.1, 0.15) is 5.56 Å². The van der Waals surface area contributed by atoms with Crippen LogP contribution in [0.15, 0.2) is 52.3 Å². The molecule has 0 bridgehead atoms. The van der Waals surface area contributed by atoms with E-state index in [1.807, 2.05) is 0 Å². The fourth-order valence-electron chi connectivity index (χ4n) is 2.81. The summed E-state index contributed by atoms with van der Waals surface area (Å²) in [5, 5.41) is 14.7. The predicted octanol–water partition coefficient (Wildman–Crippen LogP) is 1.54. The zero-order valence-corrected chi connectivity index (χ0v) is 14.0. The Morgan fingerprint density at radius 3 is 2.44 bits per heavy atom. The average molecular weight is 374 g/mol. The van der Waals surface area contributed by atoms with Gasteiger partial charge in [-0.05, 0) is 24.3 Å². The minimum Gasteiger partial charge on any atom is -0.493 e. The van der Waals surface area contributed by atoms with Crippen LogP contribution in [0.3, 0.4) is 0 Å². The molecule has 2 aromatic carbocycles. The third-order valence-electron chi connectivity index (χ3n) is 3.84. The lowest BCUT2D eigenvalue weighted by Gasteiger charge is -2.06. The Hall–Kier alpha value is -2.83. The molecule has 124 valence electrons. The van der Waals surface area contributed by atoms with Gasteiger partial charge in [-0.15, -0.1) is 0 Å². The molecule has 0 unspecified atom stereocenters. The first kappa shape index (κ1) is 15.7. The number of nitrogens with one attached hydrogen (secondary N) is 1. The number of H-pyrrole nitrogens is 1. The van der Waals surface area contributed by atoms with Gasteiger partial charge in [-0.3, -0.25) is 14.7 Å². The molecule has 25 heavy (non-hydrogen) atoms. The second-order valence-electron chi connectivity index (χ2n) is 5.41. The van der Waals surface area contributed by atoms with E-state index in [-0.39, 0.29) is 11.1 Å². The molecule has 0 spiro atoms. The number of nitrogens with zero attached hydrogens (tertiary/aromatic N) is 2. The van der Waals surface area contributed by atoms with E-state index in [0.717, 1.165) is 4.68 Å². The van der Waals surface area contributed by atoms with Crippen molar-refractivity contribution in [3.8, 4) is 11.6 Å². The smallest absolute Gasteiger partial charge is 0.279 e. The minimum atomic E-state index is -0.621. The van der Waals surface area contributed by atoms with E-state index < -0.39 is 17.3 Å². The van der Waals surface area contributed by atoms with E-state index in [9.17, 15) is 14.7 Å². The van der Waals surface area contributed by atoms with Gasteiger partial charge < -0.3 is 5.11 Å². The molecule has 0 saturated carbocycles. The number of fused-ring (bicyclic) bond motifs is 1. The summed E-state index contributed by atoms with van der Waals surface area (Å²) in [7, 11) is 0. The van der Waals surface area contributed by atoms with Crippen molar-refractivity contribution in [3.63, 3.8) is 0 Å². The fourth-order valence-corrected chi connectivity index (χ4v) is 3.32. The highest BCUT2D eigenvalue weighted by Gasteiger charge is 2.27. The quantitative estimate of drug-likeness (QED) is 0.713. The lowest BCUT2D eigenvalue weighted by atomic mass is 10.1. The van der Waals surface area contributed by atoms with Crippen molar-refractivity contribution in [3.05, 3.63) is 79.0 Å². The minimum absolute atomic E-state index is 0.0567. The maximum atomic E-state index is 12.4. The highest BCUT2D eigenvalue weighted by molar-refractivity contribution is 6.34. The molecule has 4 rings (SSSR count). The number of aromatic hydroxyl groups is 1. The molecule has 6 nitrogen and oxygen atoms in total. The molecule has 1 amide bonds. The molecule has 0 radical (unpaired) electrons. The number of aromatic amines is 1. The summed E-state index contributed by atoms with van der Waals surface area (Å²) in [5.41, 5.74) is -0.352. The molecule has 0 atom stereocenters. The first-order valence-electron chi connectivity index (χ1n) is 7.19. The lowest BCUT2D eigenvalue weighted by molar-refractivity contribution is -0.112. The maximum Gasteiger partial charge on any atom is 0.279 e. The van der Waals surface area contributed by atoms with Crippen LogP contribution in [0.4, 0.5) is 0 Å². The molecule has 3 aromatic rings. The number of aromatic nitrogens is 2. The maximum absolute atomic E-state index is 12.4. The van der Waals surface area contributed by atoms with E-state index >= 15 is 0 Å². The van der Waals surface area contributed by atoms with Gasteiger partial charge in [0.2, 0.25) is 5.88 Å². The Balaban J connectivity index is 2.02. The van der Waals surface area contributed by atoms with Crippen LogP contribution in [0.25, 0.3) is 11.3 Å². The van der Waals surface area contributed by atoms with Gasteiger partial charge in [0.25, 0.3) is 11.5 Å². The van der Waals surface area contributed by atoms with Crippen molar-refractivity contribution >= 4 is 34.7 Å². The van der Waals surface area contributed by atoms with Gasteiger partial charge in [0.05, 0.1) is 16.6 Å². The zero-order valence-electron chi connectivity index (χ0n) is 12.5. The SMILES string of the molecule is O=C1N=c2ccccc2=C1c1c(O)n(-c2cc(Cl)cc(Cl)c2)[nH]c1=O. The van der Waals surface area contributed by atoms with Crippen molar-refractivity contribution < 1.29 is 9.90 Å². The van der Waals surface area contributed by atoms with Crippen molar-refractivity contribution in [2.45, 2.75) is 0 Å². The Labute approximate surface area is 150 Å². The van der Waals surface area contributed by atoms with E-state index in [1.165, 1.54) is 18.2 Å². The first-order chi connectivity index (χ1) is 12.0. The van der Waals surface area contributed by atoms with Crippen molar-refractivity contribution in [1.82, 2.24) is 9.78 Å². The Bertz CT molecular complexity index is 1200. The standard InChI is InChI=1S/C17H9Cl2N3O3/c18-8-5-9(19)7-10(6-8)22-17(25)14(16(24)21-22)13-11-3-1-2-4-12(11)20-15(13)23/h1-7,25H,(H,21,24). The Morgan fingerprint density at radius 2 is 1.72 bits per heavy atom. The van der Waals surface area contributed by atoms with Crippen LogP contribution in [0.2, 0.25) is 10.0 Å². The van der Waals surface area contributed by atoms with Gasteiger partial charge >= 0.3 is 0 Å². The van der Waals surface area contributed by atoms with E-state index in [0.29, 0.717) is 26.3 Å². The molecular formula is C17H9Cl2N3O3. The largest absolute Gasteiger partial charge is 0.493 e. The molecule has 1 aliphatic rings. The molecule has 2 N–H and O–H groups in total. The highest BCUT2D eigenvalue weighted by Crippen LogP contribution is 2.27. The van der Waals surface area contributed by atoms with E-state index in [4.69, 9.17) is 23.2 Å². The Kier molecular flexibility index (Phi) is 3.52. The first-order valence-corrected chi connectivity index (χ1v) is 7.94. The second-order valence-corrected chi connectivity index (χ2v) is 6.28. The third kappa shape index (κ3) is 2.47. The van der Waals surface area contributed by atoms with E-state index in [1.54, 1.807) is 24.3 Å². The van der Waals surface area contributed by atoms with Gasteiger partial charge in [0.15, 0.2) is 0 Å². The molecule has 1 aromatic heterocycles. The number of carbonyl (C=O) groups is 1. The fraction of sp³-hybridized carbons (Fsp3) is 0. The average Bonchev–Trinajstić information content (AvgIpc) is 3.02. The number of para-hydroxylation sites is 1. The normalized spacial score (nSPS) is 13.0. The lowest BCUT2D eigenvalue weighted by Crippen LogP contribution is -2.24. The third-order valence-corrected chi connectivity index (χ3v) is 4.28. The summed E-state index contributed by atoms with van der Waals surface area (Å²) in [6, 6.07) is 11.4. The van der Waals surface area contributed by atoms with Crippen LogP contribution < -0.4 is 16.1 Å². The summed E-state index contributed by atoms with van der Waals surface area (Å²) >= 11 is 11.9. The van der Waals surface area contributed by atoms with Crippen LogP contribution in [0.5, 0.6) is 5.88 Å². The molecular weight excluding hydrogens is 365 g/mol. The molecule has 0 saturated heterocycles. The van der Waals surface area contributed by atoms with Gasteiger partial charge in [0.1, 0.15) is 5.56 Å². The highest BCUT2D eigenvalue weighted by atomic mass is 35.5. The zero-order chi connectivity index (χ0) is 17.7. The van der Waals surface area contributed by atoms with Crippen LogP contribution in [0, 0.1) is 0 Å². The number of rotatable bonds is 2. The summed E-state index contributed by atoms with van der Waals surface area (Å²) in [6.45, 7) is 0. The molecule has 2 heterocycles. The topological polar surface area (TPSA) is 87.4 Å². The van der Waals surface area contributed by atoms with Crippen LogP contribution in [-0.4, -0.2) is 20.8 Å².